The summed E-state index contributed by atoms with van der Waals surface area (Å²) in [6.45, 7) is 5.62. The second-order valence-corrected chi connectivity index (χ2v) is 4.37. The van der Waals surface area contributed by atoms with Crippen molar-refractivity contribution in [2.24, 2.45) is 0 Å². The number of anilines is 1. The lowest BCUT2D eigenvalue weighted by Crippen LogP contribution is -2.00. The van der Waals surface area contributed by atoms with Gasteiger partial charge in [-0.2, -0.15) is 5.10 Å². The number of nitrogens with one attached hydrogen (secondary N) is 1. The van der Waals surface area contributed by atoms with Gasteiger partial charge in [0.05, 0.1) is 11.4 Å². The molecule has 0 aliphatic heterocycles. The number of hydrogen-bond acceptors (Lipinski definition) is 2. The summed E-state index contributed by atoms with van der Waals surface area (Å²) in [4.78, 5) is 0. The van der Waals surface area contributed by atoms with E-state index >= 15 is 0 Å². The van der Waals surface area contributed by atoms with Gasteiger partial charge in [-0.05, 0) is 31.0 Å². The maximum atomic E-state index is 13.0. The Morgan fingerprint density at radius 2 is 2.22 bits per heavy atom. The third-order valence-electron chi connectivity index (χ3n) is 2.77. The Morgan fingerprint density at radius 3 is 2.94 bits per heavy atom. The van der Waals surface area contributed by atoms with Crippen molar-refractivity contribution in [1.29, 1.82) is 0 Å². The number of rotatable bonds is 5. The molecule has 1 heterocycles. The van der Waals surface area contributed by atoms with Crippen molar-refractivity contribution in [3.8, 4) is 0 Å². The molecule has 96 valence electrons. The third kappa shape index (κ3) is 3.09. The van der Waals surface area contributed by atoms with Crippen LogP contribution >= 0.6 is 0 Å². The van der Waals surface area contributed by atoms with Crippen molar-refractivity contribution in [2.45, 2.75) is 33.4 Å². The van der Waals surface area contributed by atoms with E-state index in [0.29, 0.717) is 6.54 Å². The van der Waals surface area contributed by atoms with Crippen LogP contribution in [-0.4, -0.2) is 9.78 Å². The van der Waals surface area contributed by atoms with Crippen molar-refractivity contribution in [3.05, 3.63) is 47.5 Å². The number of benzene rings is 1. The maximum absolute atomic E-state index is 13.0. The second kappa shape index (κ2) is 5.67. The van der Waals surface area contributed by atoms with Crippen LogP contribution in [0, 0.1) is 12.7 Å². The molecule has 0 bridgehead atoms. The molecule has 1 N–H and O–H groups in total. The molecule has 0 atom stereocenters. The Bertz CT molecular complexity index is 520. The molecule has 1 aromatic carbocycles. The Kier molecular flexibility index (Phi) is 3.97. The average Bonchev–Trinajstić information content (AvgIpc) is 2.68. The van der Waals surface area contributed by atoms with E-state index in [9.17, 15) is 4.39 Å². The smallest absolute Gasteiger partial charge is 0.123 e. The lowest BCUT2D eigenvalue weighted by atomic mass is 10.2. The van der Waals surface area contributed by atoms with Crippen molar-refractivity contribution < 1.29 is 4.39 Å². The molecule has 0 saturated heterocycles. The largest absolute Gasteiger partial charge is 0.378 e. The second-order valence-electron chi connectivity index (χ2n) is 4.37. The lowest BCUT2D eigenvalue weighted by molar-refractivity contribution is 0.598. The van der Waals surface area contributed by atoms with Gasteiger partial charge >= 0.3 is 0 Å². The fourth-order valence-corrected chi connectivity index (χ4v) is 1.88. The average molecular weight is 247 g/mol. The van der Waals surface area contributed by atoms with E-state index in [2.05, 4.69) is 17.3 Å². The van der Waals surface area contributed by atoms with E-state index in [1.807, 2.05) is 23.9 Å². The van der Waals surface area contributed by atoms with Crippen LogP contribution in [0.25, 0.3) is 0 Å². The van der Waals surface area contributed by atoms with Crippen LogP contribution in [0.5, 0.6) is 0 Å². The molecule has 0 saturated carbocycles. The SMILES string of the molecule is CCCn1cc(NCc2cccc(F)c2)c(C)n1. The fourth-order valence-electron chi connectivity index (χ4n) is 1.88. The number of aromatic nitrogens is 2. The molecular formula is C14H18FN3. The first-order valence-electron chi connectivity index (χ1n) is 6.21. The third-order valence-corrected chi connectivity index (χ3v) is 2.77. The first kappa shape index (κ1) is 12.6. The molecule has 18 heavy (non-hydrogen) atoms. The number of aryl methyl sites for hydroxylation is 2. The van der Waals surface area contributed by atoms with Gasteiger partial charge in [0.25, 0.3) is 0 Å². The summed E-state index contributed by atoms with van der Waals surface area (Å²) in [7, 11) is 0. The first-order valence-corrected chi connectivity index (χ1v) is 6.21. The van der Waals surface area contributed by atoms with Gasteiger partial charge in [-0.25, -0.2) is 4.39 Å². The summed E-state index contributed by atoms with van der Waals surface area (Å²) in [5.74, 6) is -0.201. The van der Waals surface area contributed by atoms with Gasteiger partial charge in [-0.15, -0.1) is 0 Å². The monoisotopic (exact) mass is 247 g/mol. The zero-order chi connectivity index (χ0) is 13.0. The highest BCUT2D eigenvalue weighted by Crippen LogP contribution is 2.14. The summed E-state index contributed by atoms with van der Waals surface area (Å²) in [5, 5.41) is 7.70. The van der Waals surface area contributed by atoms with Gasteiger partial charge in [0.15, 0.2) is 0 Å². The van der Waals surface area contributed by atoms with Crippen LogP contribution in [0.3, 0.4) is 0 Å². The molecule has 0 spiro atoms. The minimum atomic E-state index is -0.201. The summed E-state index contributed by atoms with van der Waals surface area (Å²) in [5.41, 5.74) is 2.91. The first-order chi connectivity index (χ1) is 8.69. The van der Waals surface area contributed by atoms with Crippen LogP contribution in [0.1, 0.15) is 24.6 Å². The van der Waals surface area contributed by atoms with Crippen molar-refractivity contribution in [2.75, 3.05) is 5.32 Å². The van der Waals surface area contributed by atoms with E-state index < -0.39 is 0 Å². The van der Waals surface area contributed by atoms with E-state index in [1.54, 1.807) is 12.1 Å². The Morgan fingerprint density at radius 1 is 1.39 bits per heavy atom. The van der Waals surface area contributed by atoms with Crippen LogP contribution in [0.2, 0.25) is 0 Å². The van der Waals surface area contributed by atoms with Crippen LogP contribution < -0.4 is 5.32 Å². The van der Waals surface area contributed by atoms with E-state index in [4.69, 9.17) is 0 Å². The molecule has 2 aromatic rings. The predicted octanol–water partition coefficient (Wildman–Crippen LogP) is 3.35. The number of halogens is 1. The van der Waals surface area contributed by atoms with Crippen LogP contribution in [0.15, 0.2) is 30.5 Å². The highest BCUT2D eigenvalue weighted by Gasteiger charge is 2.04. The molecule has 1 aromatic heterocycles. The standard InChI is InChI=1S/C14H18FN3/c1-3-7-18-10-14(11(2)17-18)16-9-12-5-4-6-13(15)8-12/h4-6,8,10,16H,3,7,9H2,1-2H3. The van der Waals surface area contributed by atoms with Gasteiger partial charge in [0, 0.05) is 19.3 Å². The highest BCUT2D eigenvalue weighted by molar-refractivity contribution is 5.46. The number of nitrogens with zero attached hydrogens (tertiary/aromatic N) is 2. The molecule has 4 heteroatoms. The molecule has 0 aliphatic rings. The molecular weight excluding hydrogens is 229 g/mol. The zero-order valence-electron chi connectivity index (χ0n) is 10.8. The van der Waals surface area contributed by atoms with Crippen molar-refractivity contribution >= 4 is 5.69 Å². The van der Waals surface area contributed by atoms with E-state index in [1.165, 1.54) is 6.07 Å². The summed E-state index contributed by atoms with van der Waals surface area (Å²) in [6.07, 6.45) is 3.06. The summed E-state index contributed by atoms with van der Waals surface area (Å²) in [6, 6.07) is 6.62. The maximum Gasteiger partial charge on any atom is 0.123 e. The molecule has 0 fully saturated rings. The molecule has 0 amide bonds. The summed E-state index contributed by atoms with van der Waals surface area (Å²) >= 11 is 0. The van der Waals surface area contributed by atoms with Crippen molar-refractivity contribution in [1.82, 2.24) is 9.78 Å². The Labute approximate surface area is 107 Å². The van der Waals surface area contributed by atoms with Gasteiger partial charge < -0.3 is 5.32 Å². The van der Waals surface area contributed by atoms with Gasteiger partial charge in [-0.1, -0.05) is 19.1 Å². The predicted molar refractivity (Wildman–Crippen MR) is 71.0 cm³/mol. The van der Waals surface area contributed by atoms with Gasteiger partial charge in [-0.3, -0.25) is 4.68 Å². The van der Waals surface area contributed by atoms with Crippen LogP contribution in [-0.2, 0) is 13.1 Å². The molecule has 2 rings (SSSR count). The minimum absolute atomic E-state index is 0.201. The molecule has 3 nitrogen and oxygen atoms in total. The summed E-state index contributed by atoms with van der Waals surface area (Å²) < 4.78 is 15.0. The Hall–Kier alpha value is -1.84. The Balaban J connectivity index is 2.01. The van der Waals surface area contributed by atoms with E-state index in [-0.39, 0.29) is 5.82 Å². The van der Waals surface area contributed by atoms with Crippen molar-refractivity contribution in [3.63, 3.8) is 0 Å². The minimum Gasteiger partial charge on any atom is -0.378 e. The quantitative estimate of drug-likeness (QED) is 0.878. The number of hydrogen-bond donors (Lipinski definition) is 1. The van der Waals surface area contributed by atoms with Crippen LogP contribution in [0.4, 0.5) is 10.1 Å². The fraction of sp³-hybridized carbons (Fsp3) is 0.357. The van der Waals surface area contributed by atoms with Gasteiger partial charge in [0.1, 0.15) is 5.82 Å². The van der Waals surface area contributed by atoms with Gasteiger partial charge in [0.2, 0.25) is 0 Å². The molecule has 0 aliphatic carbocycles. The topological polar surface area (TPSA) is 29.9 Å². The molecule has 0 unspecified atom stereocenters. The highest BCUT2D eigenvalue weighted by atomic mass is 19.1. The molecule has 0 radical (unpaired) electrons. The normalized spacial score (nSPS) is 10.6. The van der Waals surface area contributed by atoms with E-state index in [0.717, 1.165) is 29.9 Å². The lowest BCUT2D eigenvalue weighted by Gasteiger charge is -2.04. The zero-order valence-corrected chi connectivity index (χ0v) is 10.8.